The minimum Gasteiger partial charge on any atom is -0.485 e. The third-order valence-corrected chi connectivity index (χ3v) is 4.26. The normalized spacial score (nSPS) is 17.2. The Morgan fingerprint density at radius 1 is 1.40 bits per heavy atom. The highest BCUT2D eigenvalue weighted by molar-refractivity contribution is 7.11. The van der Waals surface area contributed by atoms with Gasteiger partial charge in [-0.3, -0.25) is 0 Å². The molecule has 106 valence electrons. The van der Waals surface area contributed by atoms with E-state index >= 15 is 0 Å². The fourth-order valence-corrected chi connectivity index (χ4v) is 3.05. The van der Waals surface area contributed by atoms with Gasteiger partial charge in [0.05, 0.1) is 12.3 Å². The van der Waals surface area contributed by atoms with Crippen molar-refractivity contribution in [3.05, 3.63) is 39.8 Å². The van der Waals surface area contributed by atoms with Crippen LogP contribution in [0.2, 0.25) is 0 Å². The maximum atomic E-state index is 5.95. The number of thiazole rings is 1. The zero-order valence-corrected chi connectivity index (χ0v) is 12.0. The summed E-state index contributed by atoms with van der Waals surface area (Å²) in [5.74, 6) is 1.53. The number of ether oxygens (including phenoxy) is 3. The van der Waals surface area contributed by atoms with Gasteiger partial charge in [0.2, 0.25) is 0 Å². The van der Waals surface area contributed by atoms with Gasteiger partial charge in [0.25, 0.3) is 0 Å². The van der Waals surface area contributed by atoms with Crippen molar-refractivity contribution in [2.75, 3.05) is 13.7 Å². The van der Waals surface area contributed by atoms with Gasteiger partial charge in [-0.25, -0.2) is 4.98 Å². The molecule has 2 aromatic rings. The third-order valence-electron chi connectivity index (χ3n) is 3.05. The van der Waals surface area contributed by atoms with Gasteiger partial charge < -0.3 is 19.9 Å². The molecule has 20 heavy (non-hydrogen) atoms. The van der Waals surface area contributed by atoms with Gasteiger partial charge in [0.1, 0.15) is 11.6 Å². The summed E-state index contributed by atoms with van der Waals surface area (Å²) in [5.41, 5.74) is 6.63. The lowest BCUT2D eigenvalue weighted by molar-refractivity contribution is 0.0906. The van der Waals surface area contributed by atoms with Gasteiger partial charge in [-0.1, -0.05) is 12.1 Å². The molecule has 0 aliphatic carbocycles. The summed E-state index contributed by atoms with van der Waals surface area (Å²) in [4.78, 5) is 5.61. The van der Waals surface area contributed by atoms with Gasteiger partial charge in [0.15, 0.2) is 17.6 Å². The molecule has 0 bridgehead atoms. The highest BCUT2D eigenvalue weighted by Crippen LogP contribution is 2.37. The Morgan fingerprint density at radius 2 is 2.20 bits per heavy atom. The quantitative estimate of drug-likeness (QED) is 0.936. The van der Waals surface area contributed by atoms with Gasteiger partial charge >= 0.3 is 0 Å². The second-order valence-corrected chi connectivity index (χ2v) is 5.54. The Labute approximate surface area is 121 Å². The van der Waals surface area contributed by atoms with Crippen molar-refractivity contribution in [1.82, 2.24) is 4.98 Å². The summed E-state index contributed by atoms with van der Waals surface area (Å²) in [5, 5.41) is 0.881. The van der Waals surface area contributed by atoms with Crippen LogP contribution in [0.15, 0.2) is 24.3 Å². The maximum absolute atomic E-state index is 5.95. The zero-order chi connectivity index (χ0) is 13.9. The van der Waals surface area contributed by atoms with Crippen molar-refractivity contribution in [1.29, 1.82) is 0 Å². The second-order valence-electron chi connectivity index (χ2n) is 4.42. The molecule has 0 fully saturated rings. The molecule has 3 rings (SSSR count). The summed E-state index contributed by atoms with van der Waals surface area (Å²) in [6.07, 6.45) is -0.189. The molecule has 5 nitrogen and oxygen atoms in total. The van der Waals surface area contributed by atoms with E-state index in [1.54, 1.807) is 18.4 Å². The van der Waals surface area contributed by atoms with Crippen LogP contribution in [-0.4, -0.2) is 18.7 Å². The van der Waals surface area contributed by atoms with Crippen LogP contribution in [0.3, 0.4) is 0 Å². The number of methoxy groups -OCH3 is 1. The summed E-state index contributed by atoms with van der Waals surface area (Å²) < 4.78 is 16.8. The number of nitrogens with zero attached hydrogens (tertiary/aromatic N) is 1. The van der Waals surface area contributed by atoms with Crippen molar-refractivity contribution in [2.45, 2.75) is 19.3 Å². The van der Waals surface area contributed by atoms with E-state index in [1.165, 1.54) is 0 Å². The van der Waals surface area contributed by atoms with E-state index in [1.807, 2.05) is 24.3 Å². The van der Waals surface area contributed by atoms with Gasteiger partial charge in [-0.15, -0.1) is 11.3 Å². The zero-order valence-electron chi connectivity index (χ0n) is 11.2. The van der Waals surface area contributed by atoms with Gasteiger partial charge in [-0.2, -0.15) is 0 Å². The largest absolute Gasteiger partial charge is 0.485 e. The van der Waals surface area contributed by atoms with Crippen molar-refractivity contribution < 1.29 is 14.2 Å². The monoisotopic (exact) mass is 292 g/mol. The molecule has 1 aliphatic heterocycles. The Bertz CT molecular complexity index is 600. The first-order chi connectivity index (χ1) is 9.81. The third kappa shape index (κ3) is 2.49. The molecule has 0 saturated heterocycles. The molecule has 6 heteroatoms. The Morgan fingerprint density at radius 3 is 2.95 bits per heavy atom. The van der Waals surface area contributed by atoms with E-state index < -0.39 is 0 Å². The van der Waals surface area contributed by atoms with E-state index in [9.17, 15) is 0 Å². The molecule has 1 aromatic heterocycles. The van der Waals surface area contributed by atoms with E-state index in [4.69, 9.17) is 19.9 Å². The van der Waals surface area contributed by atoms with Crippen LogP contribution in [0, 0.1) is 0 Å². The molecule has 1 unspecified atom stereocenters. The number of aromatic nitrogens is 1. The lowest BCUT2D eigenvalue weighted by Gasteiger charge is -2.24. The van der Waals surface area contributed by atoms with E-state index in [2.05, 4.69) is 4.98 Å². The average Bonchev–Trinajstić information content (AvgIpc) is 2.90. The topological polar surface area (TPSA) is 66.6 Å². The van der Waals surface area contributed by atoms with Gasteiger partial charge in [-0.05, 0) is 12.1 Å². The fraction of sp³-hybridized carbons (Fsp3) is 0.357. The highest BCUT2D eigenvalue weighted by Gasteiger charge is 2.26. The first-order valence-corrected chi connectivity index (χ1v) is 7.19. The lowest BCUT2D eigenvalue weighted by atomic mass is 10.2. The molecule has 1 atom stereocenters. The first kappa shape index (κ1) is 13.4. The molecule has 2 N–H and O–H groups in total. The van der Waals surface area contributed by atoms with Crippen LogP contribution in [-0.2, 0) is 17.9 Å². The average molecular weight is 292 g/mol. The number of hydrogen-bond acceptors (Lipinski definition) is 6. The van der Waals surface area contributed by atoms with E-state index in [-0.39, 0.29) is 6.10 Å². The van der Waals surface area contributed by atoms with E-state index in [0.717, 1.165) is 27.1 Å². The molecule has 0 spiro atoms. The molecule has 1 aliphatic rings. The molecule has 0 saturated carbocycles. The Hall–Kier alpha value is -1.63. The van der Waals surface area contributed by atoms with Crippen molar-refractivity contribution in [3.8, 4) is 11.5 Å². The lowest BCUT2D eigenvalue weighted by Crippen LogP contribution is -2.21. The van der Waals surface area contributed by atoms with Crippen LogP contribution >= 0.6 is 11.3 Å². The van der Waals surface area contributed by atoms with Crippen molar-refractivity contribution in [2.24, 2.45) is 5.73 Å². The smallest absolute Gasteiger partial charge is 0.184 e. The molecule has 0 radical (unpaired) electrons. The first-order valence-electron chi connectivity index (χ1n) is 6.37. The predicted octanol–water partition coefficient (Wildman–Crippen LogP) is 2.26. The fourth-order valence-electron chi connectivity index (χ4n) is 2.09. The van der Waals surface area contributed by atoms with E-state index in [0.29, 0.717) is 19.8 Å². The summed E-state index contributed by atoms with van der Waals surface area (Å²) in [6.45, 7) is 1.38. The van der Waals surface area contributed by atoms with Crippen molar-refractivity contribution >= 4 is 11.3 Å². The number of para-hydroxylation sites is 2. The highest BCUT2D eigenvalue weighted by atomic mass is 32.1. The molecule has 0 amide bonds. The summed E-state index contributed by atoms with van der Waals surface area (Å²) >= 11 is 1.56. The van der Waals surface area contributed by atoms with Crippen LogP contribution in [0.4, 0.5) is 0 Å². The summed E-state index contributed by atoms with van der Waals surface area (Å²) in [7, 11) is 1.65. The number of fused-ring (bicyclic) bond motifs is 1. The Kier molecular flexibility index (Phi) is 3.86. The number of hydrogen-bond donors (Lipinski definition) is 1. The van der Waals surface area contributed by atoms with Crippen LogP contribution in [0.1, 0.15) is 21.7 Å². The van der Waals surface area contributed by atoms with Crippen molar-refractivity contribution in [3.63, 3.8) is 0 Å². The van der Waals surface area contributed by atoms with Gasteiger partial charge in [0, 0.05) is 18.5 Å². The minimum atomic E-state index is -0.189. The van der Waals surface area contributed by atoms with Crippen LogP contribution < -0.4 is 15.2 Å². The SMILES string of the molecule is COCc1nc(C2COc3ccccc3O2)sc1CN. The summed E-state index contributed by atoms with van der Waals surface area (Å²) in [6, 6.07) is 7.65. The number of nitrogens with two attached hydrogens (primary N) is 1. The van der Waals surface area contributed by atoms with Crippen LogP contribution in [0.5, 0.6) is 11.5 Å². The minimum absolute atomic E-state index is 0.189. The second kappa shape index (κ2) is 5.78. The number of rotatable bonds is 4. The Balaban J connectivity index is 1.84. The molecular formula is C14H16N2O3S. The van der Waals surface area contributed by atoms with Crippen LogP contribution in [0.25, 0.3) is 0 Å². The maximum Gasteiger partial charge on any atom is 0.184 e. The molecule has 2 heterocycles. The predicted molar refractivity (Wildman–Crippen MR) is 76.0 cm³/mol. The molecule has 1 aromatic carbocycles. The standard InChI is InChI=1S/C14H16N2O3S/c1-17-7-9-13(6-15)20-14(16-9)12-8-18-10-4-2-3-5-11(10)19-12/h2-5,12H,6-8,15H2,1H3. The number of benzene rings is 1. The molecular weight excluding hydrogens is 276 g/mol.